The monoisotopic (exact) mass is 518 g/mol. The van der Waals surface area contributed by atoms with Gasteiger partial charge in [0.2, 0.25) is 5.91 Å². The number of hydroxylamine groups is 2. The summed E-state index contributed by atoms with van der Waals surface area (Å²) in [4.78, 5) is 19.9. The van der Waals surface area contributed by atoms with E-state index in [1.165, 1.54) is 6.42 Å². The van der Waals surface area contributed by atoms with Gasteiger partial charge < -0.3 is 15.5 Å². The third-order valence-corrected chi connectivity index (χ3v) is 9.62. The van der Waals surface area contributed by atoms with Gasteiger partial charge in [-0.2, -0.15) is 5.06 Å². The maximum absolute atomic E-state index is 13.8. The molecule has 6 rings (SSSR count). The quantitative estimate of drug-likeness (QED) is 0.448. The summed E-state index contributed by atoms with van der Waals surface area (Å²) in [6.07, 6.45) is 4.94. The van der Waals surface area contributed by atoms with E-state index >= 15 is 0 Å². The number of carbonyl (C=O) groups excluding carboxylic acids is 1. The maximum atomic E-state index is 13.8. The van der Waals surface area contributed by atoms with Crippen LogP contribution in [-0.2, 0) is 16.2 Å². The van der Waals surface area contributed by atoms with E-state index in [9.17, 15) is 15.0 Å². The molecule has 0 spiro atoms. The number of hydrogen-bond donors (Lipinski definition) is 3. The lowest BCUT2D eigenvalue weighted by molar-refractivity contribution is -0.183. The highest BCUT2D eigenvalue weighted by Crippen LogP contribution is 2.61. The maximum Gasteiger partial charge on any atom is 0.240 e. The van der Waals surface area contributed by atoms with Gasteiger partial charge in [-0.1, -0.05) is 87.5 Å². The van der Waals surface area contributed by atoms with Gasteiger partial charge >= 0.3 is 0 Å². The first-order chi connectivity index (χ1) is 18.2. The average molecular weight is 519 g/mol. The number of benzene rings is 2. The second-order valence-corrected chi connectivity index (χ2v) is 12.2. The van der Waals surface area contributed by atoms with E-state index in [1.807, 2.05) is 36.4 Å². The van der Waals surface area contributed by atoms with E-state index in [-0.39, 0.29) is 18.6 Å². The van der Waals surface area contributed by atoms with Crippen LogP contribution in [0.3, 0.4) is 0 Å². The SMILES string of the molecule is C[C@H](O)[C@@H]1[C@H](CO)ON(Cc2cccc(/C=C/c3ccccc3)c2)[C@@H]1C(=O)NC1C[C@H]2C[C@@H]([C@@H]1C)C2(C)C. The molecule has 0 radical (unpaired) electrons. The van der Waals surface area contributed by atoms with Crippen LogP contribution in [0.25, 0.3) is 12.2 Å². The summed E-state index contributed by atoms with van der Waals surface area (Å²) in [5.74, 6) is 1.01. The molecule has 4 aliphatic rings. The Morgan fingerprint density at radius 2 is 1.84 bits per heavy atom. The Kier molecular flexibility index (Phi) is 7.79. The van der Waals surface area contributed by atoms with Crippen LogP contribution < -0.4 is 5.32 Å². The van der Waals surface area contributed by atoms with E-state index in [1.54, 1.807) is 12.0 Å². The fourth-order valence-corrected chi connectivity index (χ4v) is 7.22. The predicted molar refractivity (Wildman–Crippen MR) is 149 cm³/mol. The Morgan fingerprint density at radius 3 is 2.50 bits per heavy atom. The fraction of sp³-hybridized carbons (Fsp3) is 0.531. The first-order valence-electron chi connectivity index (χ1n) is 14.0. The standard InChI is InChI=1S/C32H42N2O4/c1-20-26-16-25(32(26,3)4)17-27(20)33-31(37)30-29(21(2)36)28(19-35)38-34(30)18-24-12-8-11-23(15-24)14-13-22-9-6-5-7-10-22/h5-15,20-21,25-30,35-36H,16-19H2,1-4H3,(H,33,37)/b14-13+/t20-,21-,25+,26-,27?,28-,29+,30-/m0/s1. The van der Waals surface area contributed by atoms with Gasteiger partial charge in [0.05, 0.1) is 19.3 Å². The van der Waals surface area contributed by atoms with Crippen LogP contribution >= 0.6 is 0 Å². The highest BCUT2D eigenvalue weighted by Gasteiger charge is 2.57. The smallest absolute Gasteiger partial charge is 0.240 e. The van der Waals surface area contributed by atoms with Gasteiger partial charge in [0.15, 0.2) is 0 Å². The van der Waals surface area contributed by atoms with Gasteiger partial charge in [0.1, 0.15) is 12.1 Å². The fourth-order valence-electron chi connectivity index (χ4n) is 7.22. The molecule has 4 fully saturated rings. The molecule has 8 atom stereocenters. The normalized spacial score (nSPS) is 33.2. The third kappa shape index (κ3) is 5.20. The van der Waals surface area contributed by atoms with Crippen LogP contribution in [0, 0.1) is 29.1 Å². The zero-order chi connectivity index (χ0) is 27.0. The van der Waals surface area contributed by atoms with Gasteiger partial charge in [-0.3, -0.25) is 9.63 Å². The Hall–Kier alpha value is -2.51. The first kappa shape index (κ1) is 27.1. The molecular weight excluding hydrogens is 476 g/mol. The minimum Gasteiger partial charge on any atom is -0.394 e. The summed E-state index contributed by atoms with van der Waals surface area (Å²) in [5.41, 5.74) is 3.51. The van der Waals surface area contributed by atoms with Gasteiger partial charge in [0.25, 0.3) is 0 Å². The number of aliphatic hydroxyl groups is 2. The van der Waals surface area contributed by atoms with Crippen LogP contribution in [0.15, 0.2) is 54.6 Å². The molecule has 0 aromatic heterocycles. The average Bonchev–Trinajstić information content (AvgIpc) is 3.27. The molecule has 1 unspecified atom stereocenters. The summed E-state index contributed by atoms with van der Waals surface area (Å²) < 4.78 is 0. The van der Waals surface area contributed by atoms with Gasteiger partial charge in [-0.05, 0) is 59.6 Å². The molecule has 3 saturated carbocycles. The zero-order valence-electron chi connectivity index (χ0n) is 23.0. The second-order valence-electron chi connectivity index (χ2n) is 12.2. The largest absolute Gasteiger partial charge is 0.394 e. The van der Waals surface area contributed by atoms with E-state index < -0.39 is 24.2 Å². The number of fused-ring (bicyclic) bond motifs is 2. The molecule has 2 aromatic carbocycles. The van der Waals surface area contributed by atoms with E-state index in [0.717, 1.165) is 23.1 Å². The molecule has 204 valence electrons. The van der Waals surface area contributed by atoms with Crippen LogP contribution in [0.2, 0.25) is 0 Å². The number of nitrogens with zero attached hydrogens (tertiary/aromatic N) is 1. The van der Waals surface area contributed by atoms with Crippen LogP contribution in [0.4, 0.5) is 0 Å². The Morgan fingerprint density at radius 1 is 1.13 bits per heavy atom. The zero-order valence-corrected chi connectivity index (χ0v) is 23.0. The molecule has 2 aromatic rings. The van der Waals surface area contributed by atoms with Gasteiger partial charge in [-0.25, -0.2) is 0 Å². The van der Waals surface area contributed by atoms with Crippen molar-refractivity contribution in [2.45, 2.75) is 71.4 Å². The van der Waals surface area contributed by atoms with Crippen molar-refractivity contribution in [2.75, 3.05) is 6.61 Å². The molecule has 1 amide bonds. The lowest BCUT2D eigenvalue weighted by atomic mass is 9.45. The number of carbonyl (C=O) groups is 1. The van der Waals surface area contributed by atoms with Crippen molar-refractivity contribution >= 4 is 18.1 Å². The molecule has 3 aliphatic carbocycles. The van der Waals surface area contributed by atoms with Gasteiger partial charge in [-0.15, -0.1) is 0 Å². The predicted octanol–water partition coefficient (Wildman–Crippen LogP) is 4.52. The highest BCUT2D eigenvalue weighted by atomic mass is 16.7. The second kappa shape index (κ2) is 10.9. The molecule has 6 heteroatoms. The molecule has 1 heterocycles. The third-order valence-electron chi connectivity index (χ3n) is 9.62. The van der Waals surface area contributed by atoms with Crippen molar-refractivity contribution < 1.29 is 19.8 Å². The van der Waals surface area contributed by atoms with Crippen molar-refractivity contribution in [3.8, 4) is 0 Å². The lowest BCUT2D eigenvalue weighted by Gasteiger charge is -2.62. The van der Waals surface area contributed by atoms with Crippen molar-refractivity contribution in [1.29, 1.82) is 0 Å². The summed E-state index contributed by atoms with van der Waals surface area (Å²) in [5, 5.41) is 25.7. The molecule has 3 N–H and O–H groups in total. The van der Waals surface area contributed by atoms with Crippen molar-refractivity contribution in [1.82, 2.24) is 10.4 Å². The Labute approximate surface area is 226 Å². The summed E-state index contributed by atoms with van der Waals surface area (Å²) >= 11 is 0. The van der Waals surface area contributed by atoms with Crippen molar-refractivity contribution in [2.24, 2.45) is 29.1 Å². The van der Waals surface area contributed by atoms with Gasteiger partial charge in [0, 0.05) is 12.0 Å². The van der Waals surface area contributed by atoms with E-state index in [4.69, 9.17) is 4.84 Å². The Balaban J connectivity index is 1.33. The van der Waals surface area contributed by atoms with E-state index in [0.29, 0.717) is 29.7 Å². The summed E-state index contributed by atoms with van der Waals surface area (Å²) in [6.45, 7) is 8.76. The highest BCUT2D eigenvalue weighted by molar-refractivity contribution is 5.83. The van der Waals surface area contributed by atoms with Crippen molar-refractivity contribution in [3.05, 3.63) is 71.3 Å². The Bertz CT molecular complexity index is 1150. The number of nitrogens with one attached hydrogen (secondary N) is 1. The number of aliphatic hydroxyl groups excluding tert-OH is 2. The van der Waals surface area contributed by atoms with Crippen LogP contribution in [-0.4, -0.2) is 52.1 Å². The molecular formula is C32H42N2O4. The molecule has 2 bridgehead atoms. The molecule has 38 heavy (non-hydrogen) atoms. The van der Waals surface area contributed by atoms with Crippen molar-refractivity contribution in [3.63, 3.8) is 0 Å². The topological polar surface area (TPSA) is 82.0 Å². The summed E-state index contributed by atoms with van der Waals surface area (Å²) in [6, 6.07) is 17.7. The number of hydrogen-bond acceptors (Lipinski definition) is 5. The minimum absolute atomic E-state index is 0.121. The summed E-state index contributed by atoms with van der Waals surface area (Å²) in [7, 11) is 0. The number of rotatable bonds is 8. The molecule has 1 aliphatic heterocycles. The van der Waals surface area contributed by atoms with Crippen LogP contribution in [0.5, 0.6) is 0 Å². The minimum atomic E-state index is -0.802. The molecule has 1 saturated heterocycles. The number of amides is 1. The lowest BCUT2D eigenvalue weighted by Crippen LogP contribution is -2.62. The first-order valence-corrected chi connectivity index (χ1v) is 14.0. The van der Waals surface area contributed by atoms with E-state index in [2.05, 4.69) is 56.4 Å². The van der Waals surface area contributed by atoms with Crippen LogP contribution in [0.1, 0.15) is 57.2 Å². The molecule has 6 nitrogen and oxygen atoms in total.